The van der Waals surface area contributed by atoms with Gasteiger partial charge in [-0.2, -0.15) is 5.21 Å². The first kappa shape index (κ1) is 16.4. The number of aromatic nitrogens is 4. The van der Waals surface area contributed by atoms with Gasteiger partial charge >= 0.3 is 0 Å². The molecule has 9 heteroatoms. The van der Waals surface area contributed by atoms with E-state index in [0.29, 0.717) is 31.1 Å². The van der Waals surface area contributed by atoms with E-state index in [1.807, 2.05) is 12.1 Å². The lowest BCUT2D eigenvalue weighted by Crippen LogP contribution is -1.98. The largest absolute Gasteiger partial charge is 0.486 e. The van der Waals surface area contributed by atoms with Gasteiger partial charge < -0.3 is 4.74 Å². The second-order valence-corrected chi connectivity index (χ2v) is 6.64. The summed E-state index contributed by atoms with van der Waals surface area (Å²) in [6, 6.07) is 7.82. The molecule has 118 valence electrons. The van der Waals surface area contributed by atoms with Crippen LogP contribution in [0.3, 0.4) is 0 Å². The van der Waals surface area contributed by atoms with Crippen LogP contribution in [0.4, 0.5) is 4.39 Å². The maximum absolute atomic E-state index is 13.1. The normalized spacial score (nSPS) is 10.8. The molecule has 0 saturated carbocycles. The Labute approximate surface area is 152 Å². The third-order valence-corrected chi connectivity index (χ3v) is 4.52. The Kier molecular flexibility index (Phi) is 4.93. The van der Waals surface area contributed by atoms with Gasteiger partial charge in [0.2, 0.25) is 5.82 Å². The standard InChI is InChI=1S/C14H8Br2ClFN4O/c15-10-3-8(14-19-21-22-20-14)4-11(16)13(10)23-6-7-1-2-9(18)5-12(7)17/h1-5H,6H2,(H,19,20,21,22). The van der Waals surface area contributed by atoms with Gasteiger partial charge in [0.1, 0.15) is 18.2 Å². The number of H-pyrrole nitrogens is 1. The number of rotatable bonds is 4. The predicted octanol–water partition coefficient (Wildman–Crippen LogP) is 4.76. The number of nitrogens with zero attached hydrogens (tertiary/aromatic N) is 3. The molecule has 0 aliphatic rings. The summed E-state index contributed by atoms with van der Waals surface area (Å²) < 4.78 is 20.3. The third-order valence-electron chi connectivity index (χ3n) is 2.99. The van der Waals surface area contributed by atoms with Gasteiger partial charge in [-0.3, -0.25) is 0 Å². The summed E-state index contributed by atoms with van der Waals surface area (Å²) in [5, 5.41) is 14.1. The first-order valence-corrected chi connectivity index (χ1v) is 8.30. The zero-order chi connectivity index (χ0) is 16.4. The Balaban J connectivity index is 1.83. The summed E-state index contributed by atoms with van der Waals surface area (Å²) in [4.78, 5) is 0. The number of hydrogen-bond donors (Lipinski definition) is 1. The van der Waals surface area contributed by atoms with E-state index in [1.54, 1.807) is 6.07 Å². The van der Waals surface area contributed by atoms with Crippen LogP contribution in [0.5, 0.6) is 5.75 Å². The molecule has 2 aromatic carbocycles. The van der Waals surface area contributed by atoms with Crippen LogP contribution in [0, 0.1) is 5.82 Å². The van der Waals surface area contributed by atoms with E-state index in [-0.39, 0.29) is 12.4 Å². The Morgan fingerprint density at radius 2 is 1.91 bits per heavy atom. The molecule has 3 aromatic rings. The Bertz CT molecular complexity index is 822. The summed E-state index contributed by atoms with van der Waals surface area (Å²) >= 11 is 12.9. The molecule has 0 bridgehead atoms. The molecular weight excluding hydrogens is 454 g/mol. The highest BCUT2D eigenvalue weighted by molar-refractivity contribution is 9.11. The summed E-state index contributed by atoms with van der Waals surface area (Å²) in [6.07, 6.45) is 0. The molecule has 5 nitrogen and oxygen atoms in total. The van der Waals surface area contributed by atoms with E-state index in [1.165, 1.54) is 12.1 Å². The molecular formula is C14H8Br2ClFN4O. The predicted molar refractivity (Wildman–Crippen MR) is 90.8 cm³/mol. The second-order valence-electron chi connectivity index (χ2n) is 4.53. The van der Waals surface area contributed by atoms with Crippen molar-refractivity contribution in [3.63, 3.8) is 0 Å². The molecule has 0 aliphatic heterocycles. The van der Waals surface area contributed by atoms with Crippen LogP contribution in [-0.2, 0) is 6.61 Å². The molecule has 0 radical (unpaired) electrons. The van der Waals surface area contributed by atoms with Gasteiger partial charge in [-0.15, -0.1) is 10.2 Å². The van der Waals surface area contributed by atoms with Gasteiger partial charge in [0, 0.05) is 11.1 Å². The number of hydrogen-bond acceptors (Lipinski definition) is 4. The van der Waals surface area contributed by atoms with Crippen molar-refractivity contribution >= 4 is 43.5 Å². The first-order valence-electron chi connectivity index (χ1n) is 6.34. The van der Waals surface area contributed by atoms with Gasteiger partial charge in [-0.25, -0.2) is 4.39 Å². The highest BCUT2D eigenvalue weighted by Gasteiger charge is 2.13. The first-order chi connectivity index (χ1) is 11.0. The maximum Gasteiger partial charge on any atom is 0.204 e. The van der Waals surface area contributed by atoms with Crippen LogP contribution in [0.15, 0.2) is 39.3 Å². The molecule has 23 heavy (non-hydrogen) atoms. The lowest BCUT2D eigenvalue weighted by atomic mass is 10.2. The number of ether oxygens (including phenoxy) is 1. The number of halogens is 4. The van der Waals surface area contributed by atoms with Crippen molar-refractivity contribution < 1.29 is 9.13 Å². The minimum Gasteiger partial charge on any atom is -0.486 e. The number of tetrazole rings is 1. The van der Waals surface area contributed by atoms with E-state index in [4.69, 9.17) is 16.3 Å². The number of benzene rings is 2. The van der Waals surface area contributed by atoms with Gasteiger partial charge in [0.05, 0.1) is 14.0 Å². The van der Waals surface area contributed by atoms with E-state index in [0.717, 1.165) is 5.56 Å². The zero-order valence-corrected chi connectivity index (χ0v) is 15.3. The molecule has 1 N–H and O–H groups in total. The van der Waals surface area contributed by atoms with Crippen LogP contribution in [0.1, 0.15) is 5.56 Å². The molecule has 1 heterocycles. The van der Waals surface area contributed by atoms with Crippen molar-refractivity contribution in [2.75, 3.05) is 0 Å². The summed E-state index contributed by atoms with van der Waals surface area (Å²) in [5.74, 6) is 0.683. The molecule has 0 fully saturated rings. The molecule has 0 spiro atoms. The average molecular weight is 463 g/mol. The summed E-state index contributed by atoms with van der Waals surface area (Å²) in [7, 11) is 0. The number of aromatic amines is 1. The minimum absolute atomic E-state index is 0.206. The van der Waals surface area contributed by atoms with Crippen LogP contribution in [-0.4, -0.2) is 20.6 Å². The summed E-state index contributed by atoms with van der Waals surface area (Å²) in [6.45, 7) is 0.206. The minimum atomic E-state index is -0.384. The smallest absolute Gasteiger partial charge is 0.204 e. The van der Waals surface area contributed by atoms with Gasteiger partial charge in [0.25, 0.3) is 0 Å². The molecule has 0 atom stereocenters. The van der Waals surface area contributed by atoms with Crippen molar-refractivity contribution in [1.82, 2.24) is 20.6 Å². The topological polar surface area (TPSA) is 63.7 Å². The Morgan fingerprint density at radius 1 is 1.17 bits per heavy atom. The van der Waals surface area contributed by atoms with Crippen LogP contribution in [0.2, 0.25) is 5.02 Å². The van der Waals surface area contributed by atoms with Crippen LogP contribution in [0.25, 0.3) is 11.4 Å². The fourth-order valence-corrected chi connectivity index (χ4v) is 3.54. The molecule has 0 amide bonds. The van der Waals surface area contributed by atoms with Gasteiger partial charge in [0.15, 0.2) is 0 Å². The lowest BCUT2D eigenvalue weighted by Gasteiger charge is -2.12. The summed E-state index contributed by atoms with van der Waals surface area (Å²) in [5.41, 5.74) is 1.46. The van der Waals surface area contributed by atoms with Crippen molar-refractivity contribution in [1.29, 1.82) is 0 Å². The van der Waals surface area contributed by atoms with Crippen molar-refractivity contribution in [3.8, 4) is 17.1 Å². The zero-order valence-electron chi connectivity index (χ0n) is 11.4. The van der Waals surface area contributed by atoms with E-state index < -0.39 is 0 Å². The Morgan fingerprint density at radius 3 is 2.52 bits per heavy atom. The van der Waals surface area contributed by atoms with Crippen LogP contribution < -0.4 is 4.74 Å². The second kappa shape index (κ2) is 6.94. The average Bonchev–Trinajstić information content (AvgIpc) is 3.02. The van der Waals surface area contributed by atoms with Crippen molar-refractivity contribution in [2.45, 2.75) is 6.61 Å². The highest BCUT2D eigenvalue weighted by Crippen LogP contribution is 2.37. The Hall–Kier alpha value is -1.51. The van der Waals surface area contributed by atoms with Crippen LogP contribution >= 0.6 is 43.5 Å². The lowest BCUT2D eigenvalue weighted by molar-refractivity contribution is 0.302. The highest BCUT2D eigenvalue weighted by atomic mass is 79.9. The van der Waals surface area contributed by atoms with Gasteiger partial charge in [-0.1, -0.05) is 17.7 Å². The van der Waals surface area contributed by atoms with E-state index in [2.05, 4.69) is 52.5 Å². The fraction of sp³-hybridized carbons (Fsp3) is 0.0714. The SMILES string of the molecule is Fc1ccc(COc2c(Br)cc(-c3nn[nH]n3)cc2Br)c(Cl)c1. The van der Waals surface area contributed by atoms with E-state index in [9.17, 15) is 4.39 Å². The number of nitrogens with one attached hydrogen (secondary N) is 1. The quantitative estimate of drug-likeness (QED) is 0.607. The van der Waals surface area contributed by atoms with E-state index >= 15 is 0 Å². The third kappa shape index (κ3) is 3.70. The molecule has 0 unspecified atom stereocenters. The fourth-order valence-electron chi connectivity index (χ4n) is 1.90. The maximum atomic E-state index is 13.1. The molecule has 0 saturated heterocycles. The monoisotopic (exact) mass is 460 g/mol. The van der Waals surface area contributed by atoms with Crippen molar-refractivity contribution in [2.24, 2.45) is 0 Å². The molecule has 0 aliphatic carbocycles. The van der Waals surface area contributed by atoms with Gasteiger partial charge in [-0.05, 0) is 61.3 Å². The molecule has 1 aromatic heterocycles. The molecule has 3 rings (SSSR count). The van der Waals surface area contributed by atoms with Crippen molar-refractivity contribution in [3.05, 3.63) is 55.7 Å².